The van der Waals surface area contributed by atoms with Crippen LogP contribution in [0.1, 0.15) is 39.0 Å². The van der Waals surface area contributed by atoms with Gasteiger partial charge in [0.25, 0.3) is 0 Å². The SMILES string of the molecule is CCC(=O)N1CCCC1CN1CCCC1. The third-order valence-corrected chi connectivity index (χ3v) is 3.67. The number of carbonyl (C=O) groups excluding carboxylic acids is 1. The molecule has 1 amide bonds. The van der Waals surface area contributed by atoms with Crippen molar-refractivity contribution in [2.75, 3.05) is 26.2 Å². The Morgan fingerprint density at radius 1 is 1.20 bits per heavy atom. The van der Waals surface area contributed by atoms with Crippen LogP contribution in [0.2, 0.25) is 0 Å². The smallest absolute Gasteiger partial charge is 0.222 e. The van der Waals surface area contributed by atoms with Crippen molar-refractivity contribution in [1.29, 1.82) is 0 Å². The first-order valence-corrected chi connectivity index (χ1v) is 6.33. The van der Waals surface area contributed by atoms with E-state index in [-0.39, 0.29) is 0 Å². The van der Waals surface area contributed by atoms with Gasteiger partial charge in [-0.05, 0) is 38.8 Å². The average Bonchev–Trinajstić information content (AvgIpc) is 2.88. The first-order chi connectivity index (χ1) is 7.31. The van der Waals surface area contributed by atoms with Gasteiger partial charge in [0.2, 0.25) is 5.91 Å². The lowest BCUT2D eigenvalue weighted by molar-refractivity contribution is -0.131. The Balaban J connectivity index is 1.86. The maximum atomic E-state index is 11.7. The van der Waals surface area contributed by atoms with Crippen molar-refractivity contribution < 1.29 is 4.79 Å². The van der Waals surface area contributed by atoms with Crippen LogP contribution in [-0.2, 0) is 4.79 Å². The molecule has 2 heterocycles. The van der Waals surface area contributed by atoms with E-state index >= 15 is 0 Å². The highest BCUT2D eigenvalue weighted by atomic mass is 16.2. The molecule has 0 radical (unpaired) electrons. The fourth-order valence-electron chi connectivity index (χ4n) is 2.82. The lowest BCUT2D eigenvalue weighted by Gasteiger charge is -2.28. The summed E-state index contributed by atoms with van der Waals surface area (Å²) in [5, 5.41) is 0. The van der Waals surface area contributed by atoms with E-state index < -0.39 is 0 Å². The van der Waals surface area contributed by atoms with E-state index in [9.17, 15) is 4.79 Å². The summed E-state index contributed by atoms with van der Waals surface area (Å²) in [4.78, 5) is 16.3. The lowest BCUT2D eigenvalue weighted by Crippen LogP contribution is -2.42. The highest BCUT2D eigenvalue weighted by molar-refractivity contribution is 5.76. The van der Waals surface area contributed by atoms with Crippen LogP contribution in [0.3, 0.4) is 0 Å². The fraction of sp³-hybridized carbons (Fsp3) is 0.917. The van der Waals surface area contributed by atoms with Gasteiger partial charge in [-0.25, -0.2) is 0 Å². The van der Waals surface area contributed by atoms with E-state index in [0.29, 0.717) is 18.4 Å². The normalized spacial score (nSPS) is 27.5. The predicted molar refractivity (Wildman–Crippen MR) is 60.7 cm³/mol. The minimum absolute atomic E-state index is 0.344. The Bertz CT molecular complexity index is 224. The molecule has 2 rings (SSSR count). The molecule has 0 aromatic rings. The molecule has 0 saturated carbocycles. The van der Waals surface area contributed by atoms with Crippen LogP contribution in [-0.4, -0.2) is 47.9 Å². The quantitative estimate of drug-likeness (QED) is 0.704. The highest BCUT2D eigenvalue weighted by Crippen LogP contribution is 2.20. The molecule has 0 bridgehead atoms. The number of hydrogen-bond donors (Lipinski definition) is 0. The second-order valence-corrected chi connectivity index (χ2v) is 4.74. The molecule has 0 N–H and O–H groups in total. The van der Waals surface area contributed by atoms with Crippen LogP contribution in [0.25, 0.3) is 0 Å². The van der Waals surface area contributed by atoms with Gasteiger partial charge in [-0.2, -0.15) is 0 Å². The van der Waals surface area contributed by atoms with Crippen LogP contribution >= 0.6 is 0 Å². The van der Waals surface area contributed by atoms with Gasteiger partial charge in [-0.15, -0.1) is 0 Å². The summed E-state index contributed by atoms with van der Waals surface area (Å²) in [6.07, 6.45) is 5.76. The van der Waals surface area contributed by atoms with Gasteiger partial charge in [0.15, 0.2) is 0 Å². The summed E-state index contributed by atoms with van der Waals surface area (Å²) < 4.78 is 0. The molecule has 2 saturated heterocycles. The number of likely N-dealkylation sites (tertiary alicyclic amines) is 2. The standard InChI is InChI=1S/C12H22N2O/c1-2-12(15)14-9-5-6-11(14)10-13-7-3-4-8-13/h11H,2-10H2,1H3. The van der Waals surface area contributed by atoms with Crippen LogP contribution < -0.4 is 0 Å². The van der Waals surface area contributed by atoms with Gasteiger partial charge in [0, 0.05) is 25.6 Å². The zero-order chi connectivity index (χ0) is 10.7. The van der Waals surface area contributed by atoms with E-state index in [1.807, 2.05) is 6.92 Å². The van der Waals surface area contributed by atoms with E-state index in [4.69, 9.17) is 0 Å². The summed E-state index contributed by atoms with van der Waals surface area (Å²) in [6.45, 7) is 6.56. The van der Waals surface area contributed by atoms with Crippen molar-refractivity contribution in [3.63, 3.8) is 0 Å². The number of amides is 1. The Labute approximate surface area is 92.4 Å². The zero-order valence-electron chi connectivity index (χ0n) is 9.74. The van der Waals surface area contributed by atoms with Crippen molar-refractivity contribution in [2.24, 2.45) is 0 Å². The third kappa shape index (κ3) is 2.51. The molecule has 1 atom stereocenters. The minimum atomic E-state index is 0.344. The molecule has 0 aromatic carbocycles. The Hall–Kier alpha value is -0.570. The molecule has 0 spiro atoms. The highest BCUT2D eigenvalue weighted by Gasteiger charge is 2.29. The van der Waals surface area contributed by atoms with Gasteiger partial charge >= 0.3 is 0 Å². The van der Waals surface area contributed by atoms with Gasteiger partial charge < -0.3 is 9.80 Å². The molecule has 3 heteroatoms. The molecule has 0 aromatic heterocycles. The molecular formula is C12H22N2O. The second-order valence-electron chi connectivity index (χ2n) is 4.74. The summed E-state index contributed by atoms with van der Waals surface area (Å²) in [5.41, 5.74) is 0. The molecule has 1 unspecified atom stereocenters. The Kier molecular flexibility index (Phi) is 3.62. The number of nitrogens with zero attached hydrogens (tertiary/aromatic N) is 2. The van der Waals surface area contributed by atoms with Crippen molar-refractivity contribution in [1.82, 2.24) is 9.80 Å². The lowest BCUT2D eigenvalue weighted by atomic mass is 10.2. The van der Waals surface area contributed by atoms with Gasteiger partial charge in [-0.3, -0.25) is 4.79 Å². The molecule has 2 fully saturated rings. The molecule has 2 aliphatic heterocycles. The maximum absolute atomic E-state index is 11.7. The first kappa shape index (κ1) is 10.9. The molecule has 86 valence electrons. The van der Waals surface area contributed by atoms with Crippen molar-refractivity contribution in [3.05, 3.63) is 0 Å². The van der Waals surface area contributed by atoms with E-state index in [2.05, 4.69) is 9.80 Å². The second kappa shape index (κ2) is 4.97. The van der Waals surface area contributed by atoms with Crippen LogP contribution in [0.4, 0.5) is 0 Å². The first-order valence-electron chi connectivity index (χ1n) is 6.33. The molecule has 2 aliphatic rings. The number of carbonyl (C=O) groups is 1. The third-order valence-electron chi connectivity index (χ3n) is 3.67. The maximum Gasteiger partial charge on any atom is 0.222 e. The summed E-state index contributed by atoms with van der Waals surface area (Å²) in [6, 6.07) is 0.510. The van der Waals surface area contributed by atoms with Crippen LogP contribution in [0.5, 0.6) is 0 Å². The summed E-state index contributed by atoms with van der Waals surface area (Å²) >= 11 is 0. The van der Waals surface area contributed by atoms with Gasteiger partial charge in [0.1, 0.15) is 0 Å². The monoisotopic (exact) mass is 210 g/mol. The Morgan fingerprint density at radius 2 is 1.93 bits per heavy atom. The molecular weight excluding hydrogens is 188 g/mol. The van der Waals surface area contributed by atoms with Gasteiger partial charge in [0.05, 0.1) is 0 Å². The van der Waals surface area contributed by atoms with E-state index in [1.54, 1.807) is 0 Å². The van der Waals surface area contributed by atoms with E-state index in [1.165, 1.54) is 38.8 Å². The molecule has 15 heavy (non-hydrogen) atoms. The van der Waals surface area contributed by atoms with Crippen LogP contribution in [0, 0.1) is 0 Å². The van der Waals surface area contributed by atoms with Crippen molar-refractivity contribution in [3.8, 4) is 0 Å². The fourth-order valence-corrected chi connectivity index (χ4v) is 2.82. The Morgan fingerprint density at radius 3 is 2.60 bits per heavy atom. The molecule has 3 nitrogen and oxygen atoms in total. The van der Waals surface area contributed by atoms with Gasteiger partial charge in [-0.1, -0.05) is 6.92 Å². The van der Waals surface area contributed by atoms with Crippen molar-refractivity contribution >= 4 is 5.91 Å². The summed E-state index contributed by atoms with van der Waals surface area (Å²) in [7, 11) is 0. The number of rotatable bonds is 3. The largest absolute Gasteiger partial charge is 0.338 e. The van der Waals surface area contributed by atoms with Crippen molar-refractivity contribution in [2.45, 2.75) is 45.1 Å². The van der Waals surface area contributed by atoms with E-state index in [0.717, 1.165) is 13.1 Å². The number of hydrogen-bond acceptors (Lipinski definition) is 2. The predicted octanol–water partition coefficient (Wildman–Crippen LogP) is 1.48. The average molecular weight is 210 g/mol. The molecule has 0 aliphatic carbocycles. The topological polar surface area (TPSA) is 23.6 Å². The zero-order valence-corrected chi connectivity index (χ0v) is 9.74. The minimum Gasteiger partial charge on any atom is -0.338 e. The summed E-state index contributed by atoms with van der Waals surface area (Å²) in [5.74, 6) is 0.344. The van der Waals surface area contributed by atoms with Crippen LogP contribution in [0.15, 0.2) is 0 Å².